The summed E-state index contributed by atoms with van der Waals surface area (Å²) in [4.78, 5) is 11.6. The number of guanidine groups is 1. The van der Waals surface area contributed by atoms with Crippen molar-refractivity contribution in [3.63, 3.8) is 0 Å². The summed E-state index contributed by atoms with van der Waals surface area (Å²) in [5.41, 5.74) is 2.41. The highest BCUT2D eigenvalue weighted by molar-refractivity contribution is 14.0. The van der Waals surface area contributed by atoms with E-state index in [-0.39, 0.29) is 36.2 Å². The van der Waals surface area contributed by atoms with E-state index < -0.39 is 0 Å². The van der Waals surface area contributed by atoms with E-state index in [2.05, 4.69) is 52.6 Å². The number of nitrogens with zero attached hydrogens (tertiary/aromatic N) is 3. The highest BCUT2D eigenvalue weighted by Gasteiger charge is 2.22. The van der Waals surface area contributed by atoms with Crippen LogP contribution in [-0.4, -0.2) is 55.9 Å². The molecule has 4 rings (SSSR count). The fourth-order valence-corrected chi connectivity index (χ4v) is 3.85. The number of aromatic nitrogens is 1. The Labute approximate surface area is 201 Å². The van der Waals surface area contributed by atoms with Crippen LogP contribution in [0.3, 0.4) is 0 Å². The minimum atomic E-state index is 0. The van der Waals surface area contributed by atoms with Crippen LogP contribution in [0.1, 0.15) is 25.0 Å². The van der Waals surface area contributed by atoms with Crippen molar-refractivity contribution in [2.45, 2.75) is 39.0 Å². The van der Waals surface area contributed by atoms with Crippen molar-refractivity contribution in [1.82, 2.24) is 15.6 Å². The Balaban J connectivity index is 0.00000272. The molecule has 31 heavy (non-hydrogen) atoms. The largest absolute Gasteiger partial charge is 0.488 e. The van der Waals surface area contributed by atoms with Crippen LogP contribution in [0, 0.1) is 0 Å². The third-order valence-corrected chi connectivity index (χ3v) is 5.35. The number of rotatable bonds is 6. The molecule has 1 aromatic carbocycles. The molecule has 0 spiro atoms. The molecule has 2 aliphatic rings. The number of fused-ring (bicyclic) bond motifs is 1. The minimum absolute atomic E-state index is 0. The maximum atomic E-state index is 6.02. The first-order valence-electron chi connectivity index (χ1n) is 10.8. The summed E-state index contributed by atoms with van der Waals surface area (Å²) < 4.78 is 11.7. The van der Waals surface area contributed by atoms with Crippen molar-refractivity contribution in [2.75, 3.05) is 37.7 Å². The van der Waals surface area contributed by atoms with E-state index in [4.69, 9.17) is 14.5 Å². The predicted molar refractivity (Wildman–Crippen MR) is 135 cm³/mol. The maximum Gasteiger partial charge on any atom is 0.191 e. The highest BCUT2D eigenvalue weighted by atomic mass is 127. The Morgan fingerprint density at radius 3 is 2.94 bits per heavy atom. The molecule has 168 valence electrons. The molecule has 1 fully saturated rings. The van der Waals surface area contributed by atoms with E-state index in [0.29, 0.717) is 13.1 Å². The lowest BCUT2D eigenvalue weighted by Crippen LogP contribution is -2.42. The minimum Gasteiger partial charge on any atom is -0.488 e. The lowest BCUT2D eigenvalue weighted by atomic mass is 10.1. The summed E-state index contributed by atoms with van der Waals surface area (Å²) in [5, 5.41) is 6.75. The molecule has 7 nitrogen and oxygen atoms in total. The van der Waals surface area contributed by atoms with Gasteiger partial charge in [0, 0.05) is 32.3 Å². The second-order valence-electron chi connectivity index (χ2n) is 7.78. The lowest BCUT2D eigenvalue weighted by Gasteiger charge is -2.32. The zero-order valence-corrected chi connectivity index (χ0v) is 20.5. The summed E-state index contributed by atoms with van der Waals surface area (Å²) in [7, 11) is 0. The van der Waals surface area contributed by atoms with Crippen LogP contribution in [0.25, 0.3) is 0 Å². The van der Waals surface area contributed by atoms with Gasteiger partial charge in [0.15, 0.2) is 5.96 Å². The van der Waals surface area contributed by atoms with Crippen molar-refractivity contribution in [2.24, 2.45) is 4.99 Å². The Morgan fingerprint density at radius 1 is 1.26 bits per heavy atom. The van der Waals surface area contributed by atoms with Gasteiger partial charge in [-0.25, -0.2) is 9.98 Å². The molecule has 2 aromatic rings. The number of halogens is 1. The van der Waals surface area contributed by atoms with Crippen molar-refractivity contribution in [1.29, 1.82) is 0 Å². The monoisotopic (exact) mass is 537 g/mol. The van der Waals surface area contributed by atoms with Crippen LogP contribution in [0.15, 0.2) is 47.6 Å². The second-order valence-corrected chi connectivity index (χ2v) is 7.78. The smallest absolute Gasteiger partial charge is 0.191 e. The van der Waals surface area contributed by atoms with Gasteiger partial charge in [0.2, 0.25) is 0 Å². The molecule has 0 amide bonds. The number of hydrogen-bond donors (Lipinski definition) is 2. The van der Waals surface area contributed by atoms with Gasteiger partial charge in [0.05, 0.1) is 25.8 Å². The zero-order valence-electron chi connectivity index (χ0n) is 18.2. The number of hydrogen-bond acceptors (Lipinski definition) is 5. The lowest BCUT2D eigenvalue weighted by molar-refractivity contribution is 0.0529. The molecule has 2 unspecified atom stereocenters. The van der Waals surface area contributed by atoms with Crippen LogP contribution < -0.4 is 20.3 Å². The summed E-state index contributed by atoms with van der Waals surface area (Å²) in [5.74, 6) is 2.79. The molecule has 1 aromatic heterocycles. The highest BCUT2D eigenvalue weighted by Crippen LogP contribution is 2.27. The van der Waals surface area contributed by atoms with E-state index >= 15 is 0 Å². The van der Waals surface area contributed by atoms with Crippen molar-refractivity contribution >= 4 is 35.8 Å². The summed E-state index contributed by atoms with van der Waals surface area (Å²) in [6, 6.07) is 12.4. The standard InChI is InChI=1S/C23H31N5O2.HI/c1-3-24-23(27-15-20-13-19-6-4-5-7-21(19)30-20)26-14-18-8-9-25-22(12-18)28-10-11-29-17(2)16-28;/h4-9,12,17,20H,3,10-11,13-16H2,1-2H3,(H2,24,26,27);1H. The first-order chi connectivity index (χ1) is 14.7. The van der Waals surface area contributed by atoms with E-state index in [1.807, 2.05) is 24.4 Å². The van der Waals surface area contributed by atoms with E-state index in [1.54, 1.807) is 0 Å². The first kappa shape index (κ1) is 23.6. The topological polar surface area (TPSA) is 71.0 Å². The van der Waals surface area contributed by atoms with Gasteiger partial charge in [-0.05, 0) is 43.2 Å². The van der Waals surface area contributed by atoms with Crippen LogP contribution in [-0.2, 0) is 17.7 Å². The van der Waals surface area contributed by atoms with Gasteiger partial charge in [-0.15, -0.1) is 24.0 Å². The summed E-state index contributed by atoms with van der Waals surface area (Å²) in [6.07, 6.45) is 3.15. The number of morpholine rings is 1. The number of benzene rings is 1. The Hall–Kier alpha value is -2.07. The summed E-state index contributed by atoms with van der Waals surface area (Å²) >= 11 is 0. The van der Waals surface area contributed by atoms with Crippen molar-refractivity contribution in [3.05, 3.63) is 53.7 Å². The van der Waals surface area contributed by atoms with Crippen molar-refractivity contribution in [3.8, 4) is 5.75 Å². The molecule has 1 saturated heterocycles. The van der Waals surface area contributed by atoms with Gasteiger partial charge in [-0.2, -0.15) is 0 Å². The second kappa shape index (κ2) is 11.5. The summed E-state index contributed by atoms with van der Waals surface area (Å²) in [6.45, 7) is 8.78. The maximum absolute atomic E-state index is 6.02. The normalized spacial score (nSPS) is 20.5. The average molecular weight is 537 g/mol. The number of ether oxygens (including phenoxy) is 2. The average Bonchev–Trinajstić information content (AvgIpc) is 3.19. The number of nitrogens with one attached hydrogen (secondary N) is 2. The molecule has 0 bridgehead atoms. The van der Waals surface area contributed by atoms with E-state index in [9.17, 15) is 0 Å². The number of anilines is 1. The third-order valence-electron chi connectivity index (χ3n) is 5.35. The number of aliphatic imine (C=N–C) groups is 1. The van der Waals surface area contributed by atoms with Crippen LogP contribution in [0.2, 0.25) is 0 Å². The SMILES string of the molecule is CCNC(=NCc1ccnc(N2CCOC(C)C2)c1)NCC1Cc2ccccc2O1.I. The predicted octanol–water partition coefficient (Wildman–Crippen LogP) is 2.98. The Morgan fingerprint density at radius 2 is 2.13 bits per heavy atom. The van der Waals surface area contributed by atoms with Gasteiger partial charge >= 0.3 is 0 Å². The molecule has 2 aliphatic heterocycles. The molecular weight excluding hydrogens is 505 g/mol. The number of para-hydroxylation sites is 1. The molecule has 8 heteroatoms. The Kier molecular flexibility index (Phi) is 8.77. The fourth-order valence-electron chi connectivity index (χ4n) is 3.85. The van der Waals surface area contributed by atoms with Crippen LogP contribution in [0.5, 0.6) is 5.75 Å². The van der Waals surface area contributed by atoms with E-state index in [1.165, 1.54) is 5.56 Å². The van der Waals surface area contributed by atoms with Crippen LogP contribution >= 0.6 is 24.0 Å². The van der Waals surface area contributed by atoms with Gasteiger partial charge in [0.1, 0.15) is 17.7 Å². The molecule has 0 radical (unpaired) electrons. The van der Waals surface area contributed by atoms with Gasteiger partial charge in [-0.1, -0.05) is 18.2 Å². The molecular formula is C23H32IN5O2. The Bertz CT molecular complexity index is 854. The van der Waals surface area contributed by atoms with Gasteiger partial charge < -0.3 is 25.0 Å². The molecule has 2 atom stereocenters. The molecule has 0 saturated carbocycles. The fraction of sp³-hybridized carbons (Fsp3) is 0.478. The molecule has 0 aliphatic carbocycles. The van der Waals surface area contributed by atoms with Gasteiger partial charge in [0.25, 0.3) is 0 Å². The molecule has 3 heterocycles. The quantitative estimate of drug-likeness (QED) is 0.336. The molecule has 2 N–H and O–H groups in total. The first-order valence-corrected chi connectivity index (χ1v) is 10.8. The third kappa shape index (κ3) is 6.46. The van der Waals surface area contributed by atoms with Gasteiger partial charge in [-0.3, -0.25) is 0 Å². The van der Waals surface area contributed by atoms with Crippen molar-refractivity contribution < 1.29 is 9.47 Å². The van der Waals surface area contributed by atoms with E-state index in [0.717, 1.165) is 55.8 Å². The number of pyridine rings is 1. The van der Waals surface area contributed by atoms with Crippen LogP contribution in [0.4, 0.5) is 5.82 Å². The zero-order chi connectivity index (χ0) is 20.8.